The van der Waals surface area contributed by atoms with Crippen molar-refractivity contribution < 1.29 is 12.8 Å². The number of nitrogens with two attached hydrogens (primary N) is 1. The highest BCUT2D eigenvalue weighted by molar-refractivity contribution is 7.90. The van der Waals surface area contributed by atoms with Crippen LogP contribution in [0.25, 0.3) is 0 Å². The van der Waals surface area contributed by atoms with E-state index in [9.17, 15) is 12.8 Å². The molecule has 3 nitrogen and oxygen atoms in total. The van der Waals surface area contributed by atoms with E-state index in [1.807, 2.05) is 0 Å². The molecule has 0 bridgehead atoms. The predicted octanol–water partition coefficient (Wildman–Crippen LogP) is 1.34. The van der Waals surface area contributed by atoms with Crippen LogP contribution in [-0.4, -0.2) is 14.7 Å². The van der Waals surface area contributed by atoms with Gasteiger partial charge in [-0.05, 0) is 17.7 Å². The molecule has 14 heavy (non-hydrogen) atoms. The van der Waals surface area contributed by atoms with Gasteiger partial charge in [0.15, 0.2) is 9.84 Å². The minimum atomic E-state index is -3.64. The molecular weight excluding hydrogens is 229 g/mol. The summed E-state index contributed by atoms with van der Waals surface area (Å²) in [7, 11) is -3.64. The van der Waals surface area contributed by atoms with E-state index in [0.717, 1.165) is 12.3 Å². The monoisotopic (exact) mass is 237 g/mol. The third kappa shape index (κ3) is 2.23. The van der Waals surface area contributed by atoms with Crippen molar-refractivity contribution in [1.82, 2.24) is 0 Å². The van der Waals surface area contributed by atoms with E-state index in [1.54, 1.807) is 0 Å². The van der Waals surface area contributed by atoms with Gasteiger partial charge in [-0.15, -0.1) is 0 Å². The Hall–Kier alpha value is -0.650. The van der Waals surface area contributed by atoms with E-state index in [-0.39, 0.29) is 11.6 Å². The molecule has 1 aromatic carbocycles. The molecule has 0 radical (unpaired) electrons. The third-order valence-electron chi connectivity index (χ3n) is 1.66. The number of halogens is 2. The maximum absolute atomic E-state index is 13.3. The molecule has 6 heteroatoms. The maximum atomic E-state index is 13.3. The maximum Gasteiger partial charge on any atom is 0.179 e. The van der Waals surface area contributed by atoms with Gasteiger partial charge in [0.2, 0.25) is 0 Å². The topological polar surface area (TPSA) is 60.2 Å². The highest BCUT2D eigenvalue weighted by Gasteiger charge is 2.18. The summed E-state index contributed by atoms with van der Waals surface area (Å²) in [6.07, 6.45) is 0.902. The van der Waals surface area contributed by atoms with Crippen LogP contribution in [-0.2, 0) is 16.4 Å². The second kappa shape index (κ2) is 3.84. The molecule has 0 atom stereocenters. The van der Waals surface area contributed by atoms with E-state index in [1.165, 1.54) is 6.07 Å². The van der Waals surface area contributed by atoms with Gasteiger partial charge in [0.05, 0.1) is 5.02 Å². The largest absolute Gasteiger partial charge is 0.326 e. The Balaban J connectivity index is 3.48. The highest BCUT2D eigenvalue weighted by Crippen LogP contribution is 2.25. The lowest BCUT2D eigenvalue weighted by molar-refractivity contribution is 0.569. The molecule has 1 aromatic rings. The van der Waals surface area contributed by atoms with Crippen molar-refractivity contribution in [1.29, 1.82) is 0 Å². The van der Waals surface area contributed by atoms with Gasteiger partial charge in [0.1, 0.15) is 10.7 Å². The van der Waals surface area contributed by atoms with Crippen molar-refractivity contribution in [2.24, 2.45) is 5.73 Å². The zero-order valence-electron chi connectivity index (χ0n) is 7.42. The standard InChI is InChI=1S/C8H9ClFNO2S/c1-14(12,13)8-6(9)2-5(4-11)3-7(8)10/h2-3H,4,11H2,1H3. The van der Waals surface area contributed by atoms with Crippen LogP contribution in [0.1, 0.15) is 5.56 Å². The number of sulfone groups is 1. The lowest BCUT2D eigenvalue weighted by Crippen LogP contribution is -2.05. The van der Waals surface area contributed by atoms with E-state index >= 15 is 0 Å². The number of hydrogen-bond acceptors (Lipinski definition) is 3. The molecule has 0 aromatic heterocycles. The van der Waals surface area contributed by atoms with Crippen molar-refractivity contribution in [2.45, 2.75) is 11.4 Å². The first-order valence-corrected chi connectivity index (χ1v) is 6.01. The Bertz CT molecular complexity index is 435. The fourth-order valence-electron chi connectivity index (χ4n) is 1.08. The molecule has 0 heterocycles. The van der Waals surface area contributed by atoms with Crippen LogP contribution in [0.2, 0.25) is 5.02 Å². The van der Waals surface area contributed by atoms with Gasteiger partial charge in [-0.25, -0.2) is 12.8 Å². The molecule has 0 saturated heterocycles. The SMILES string of the molecule is CS(=O)(=O)c1c(F)cc(CN)cc1Cl. The lowest BCUT2D eigenvalue weighted by atomic mass is 10.2. The Labute approximate surface area is 86.6 Å². The zero-order chi connectivity index (χ0) is 10.9. The molecule has 2 N–H and O–H groups in total. The molecule has 78 valence electrons. The van der Waals surface area contributed by atoms with Gasteiger partial charge in [0.25, 0.3) is 0 Å². The van der Waals surface area contributed by atoms with E-state index < -0.39 is 20.5 Å². The van der Waals surface area contributed by atoms with E-state index in [4.69, 9.17) is 17.3 Å². The average Bonchev–Trinajstić information content (AvgIpc) is 1.99. The quantitative estimate of drug-likeness (QED) is 0.845. The summed E-state index contributed by atoms with van der Waals surface area (Å²) in [5, 5.41) is -0.132. The number of benzene rings is 1. The van der Waals surface area contributed by atoms with Gasteiger partial charge in [-0.2, -0.15) is 0 Å². The molecule has 0 unspecified atom stereocenters. The molecule has 1 rings (SSSR count). The summed E-state index contributed by atoms with van der Waals surface area (Å²) in [6.45, 7) is 0.112. The predicted molar refractivity (Wildman–Crippen MR) is 52.4 cm³/mol. The van der Waals surface area contributed by atoms with Gasteiger partial charge >= 0.3 is 0 Å². The van der Waals surface area contributed by atoms with Crippen LogP contribution in [0, 0.1) is 5.82 Å². The first kappa shape index (κ1) is 11.4. The van der Waals surface area contributed by atoms with Gasteiger partial charge in [-0.3, -0.25) is 0 Å². The zero-order valence-corrected chi connectivity index (χ0v) is 8.99. The van der Waals surface area contributed by atoms with Crippen molar-refractivity contribution in [2.75, 3.05) is 6.26 Å². The molecule has 0 aliphatic rings. The fraction of sp³-hybridized carbons (Fsp3) is 0.250. The third-order valence-corrected chi connectivity index (χ3v) is 3.23. The lowest BCUT2D eigenvalue weighted by Gasteiger charge is -2.05. The Morgan fingerprint density at radius 3 is 2.43 bits per heavy atom. The van der Waals surface area contributed by atoms with Crippen molar-refractivity contribution in [3.05, 3.63) is 28.5 Å². The van der Waals surface area contributed by atoms with Gasteiger partial charge in [-0.1, -0.05) is 11.6 Å². The average molecular weight is 238 g/mol. The smallest absolute Gasteiger partial charge is 0.179 e. The highest BCUT2D eigenvalue weighted by atomic mass is 35.5. The van der Waals surface area contributed by atoms with Crippen LogP contribution in [0.5, 0.6) is 0 Å². The van der Waals surface area contributed by atoms with Crippen molar-refractivity contribution in [3.8, 4) is 0 Å². The Morgan fingerprint density at radius 2 is 2.07 bits per heavy atom. The molecule has 0 fully saturated rings. The summed E-state index contributed by atoms with van der Waals surface area (Å²) >= 11 is 5.62. The molecule has 0 amide bonds. The second-order valence-corrected chi connectivity index (χ2v) is 5.22. The summed E-state index contributed by atoms with van der Waals surface area (Å²) in [6, 6.07) is 2.42. The van der Waals surface area contributed by atoms with Crippen LogP contribution >= 0.6 is 11.6 Å². The first-order valence-electron chi connectivity index (χ1n) is 3.74. The molecule has 0 aliphatic carbocycles. The van der Waals surface area contributed by atoms with Crippen LogP contribution in [0.15, 0.2) is 17.0 Å². The minimum absolute atomic E-state index is 0.112. The Morgan fingerprint density at radius 1 is 1.50 bits per heavy atom. The summed E-state index contributed by atoms with van der Waals surface area (Å²) in [4.78, 5) is -0.476. The van der Waals surface area contributed by atoms with E-state index in [0.29, 0.717) is 5.56 Å². The van der Waals surface area contributed by atoms with Crippen molar-refractivity contribution in [3.63, 3.8) is 0 Å². The van der Waals surface area contributed by atoms with Crippen LogP contribution < -0.4 is 5.73 Å². The van der Waals surface area contributed by atoms with Crippen LogP contribution in [0.3, 0.4) is 0 Å². The summed E-state index contributed by atoms with van der Waals surface area (Å²) in [5.41, 5.74) is 5.73. The fourth-order valence-corrected chi connectivity index (χ4v) is 2.56. The van der Waals surface area contributed by atoms with Crippen molar-refractivity contribution >= 4 is 21.4 Å². The van der Waals surface area contributed by atoms with Crippen LogP contribution in [0.4, 0.5) is 4.39 Å². The number of hydrogen-bond donors (Lipinski definition) is 1. The summed E-state index contributed by atoms with van der Waals surface area (Å²) < 4.78 is 35.5. The van der Waals surface area contributed by atoms with E-state index in [2.05, 4.69) is 0 Å². The first-order chi connectivity index (χ1) is 6.36. The van der Waals surface area contributed by atoms with Gasteiger partial charge in [0, 0.05) is 12.8 Å². The summed E-state index contributed by atoms with van der Waals surface area (Å²) in [5.74, 6) is -0.861. The molecule has 0 aliphatic heterocycles. The van der Waals surface area contributed by atoms with Gasteiger partial charge < -0.3 is 5.73 Å². The molecule has 0 spiro atoms. The molecular formula is C8H9ClFNO2S. The minimum Gasteiger partial charge on any atom is -0.326 e. The second-order valence-electron chi connectivity index (χ2n) is 2.86. The normalized spacial score (nSPS) is 11.7. The number of rotatable bonds is 2. The Kier molecular flexibility index (Phi) is 3.14. The molecule has 0 saturated carbocycles.